The van der Waals surface area contributed by atoms with E-state index in [4.69, 9.17) is 0 Å². The predicted molar refractivity (Wildman–Crippen MR) is 67.4 cm³/mol. The quantitative estimate of drug-likeness (QED) is 0.714. The molecule has 0 fully saturated rings. The molecule has 1 heterocycles. The Morgan fingerprint density at radius 2 is 2.22 bits per heavy atom. The van der Waals surface area contributed by atoms with Crippen molar-refractivity contribution in [3.8, 4) is 0 Å². The van der Waals surface area contributed by atoms with Crippen molar-refractivity contribution >= 4 is 27.5 Å². The number of rotatable bonds is 2. The largest absolute Gasteiger partial charge is 0.348 e. The smallest absolute Gasteiger partial charge is 0.223 e. The molecule has 0 spiro atoms. The summed E-state index contributed by atoms with van der Waals surface area (Å²) in [6.07, 6.45) is 4.10. The first kappa shape index (κ1) is 16.0. The van der Waals surface area contributed by atoms with Crippen LogP contribution in [0.25, 0.3) is 5.70 Å². The molecule has 2 nitrogen and oxygen atoms in total. The molecule has 0 N–H and O–H groups in total. The van der Waals surface area contributed by atoms with Crippen molar-refractivity contribution in [2.45, 2.75) is 19.8 Å². The van der Waals surface area contributed by atoms with Gasteiger partial charge in [0.1, 0.15) is 0 Å². The van der Waals surface area contributed by atoms with Gasteiger partial charge in [0.15, 0.2) is 0 Å². The molecule has 0 aromatic heterocycles. The first-order valence-electron chi connectivity index (χ1n) is 5.50. The third kappa shape index (κ3) is 3.09. The number of hydrogen-bond acceptors (Lipinski definition) is 1. The summed E-state index contributed by atoms with van der Waals surface area (Å²) < 4.78 is 14.5. The number of amides is 1. The summed E-state index contributed by atoms with van der Waals surface area (Å²) in [6, 6.07) is 4.78. The van der Waals surface area contributed by atoms with E-state index >= 15 is 0 Å². The van der Waals surface area contributed by atoms with Crippen LogP contribution in [0.4, 0.5) is 4.39 Å². The maximum absolute atomic E-state index is 13.8. The molecule has 5 heteroatoms. The second-order valence-corrected chi connectivity index (χ2v) is 4.61. The molecule has 1 aliphatic heterocycles. The van der Waals surface area contributed by atoms with Gasteiger partial charge in [-0.1, -0.05) is 32.5 Å². The van der Waals surface area contributed by atoms with E-state index in [9.17, 15) is 9.18 Å². The van der Waals surface area contributed by atoms with Crippen LogP contribution in [0.2, 0.25) is 0 Å². The minimum atomic E-state index is -0.338. The molecule has 0 bridgehead atoms. The van der Waals surface area contributed by atoms with E-state index in [0.29, 0.717) is 35.1 Å². The first-order chi connectivity index (χ1) is 8.15. The Balaban J connectivity index is 0.00000162. The van der Waals surface area contributed by atoms with Gasteiger partial charge in [0.25, 0.3) is 0 Å². The van der Waals surface area contributed by atoms with Crippen molar-refractivity contribution in [3.05, 3.63) is 40.1 Å². The van der Waals surface area contributed by atoms with Gasteiger partial charge in [-0.15, -0.1) is 17.7 Å². The van der Waals surface area contributed by atoms with Gasteiger partial charge in [-0.2, -0.15) is 0 Å². The predicted octanol–water partition coefficient (Wildman–Crippen LogP) is 3.37. The Hall–Kier alpha value is -0.0561. The molecule has 0 unspecified atom stereocenters. The molecule has 1 radical (unpaired) electrons. The molecule has 1 aliphatic rings. The molecule has 93 valence electrons. The van der Waals surface area contributed by atoms with E-state index in [1.54, 1.807) is 17.0 Å². The fraction of sp³-hybridized carbons (Fsp3) is 0.308. The van der Waals surface area contributed by atoms with Gasteiger partial charge in [0, 0.05) is 45.7 Å². The zero-order valence-electron chi connectivity index (χ0n) is 10.0. The van der Waals surface area contributed by atoms with Crippen LogP contribution in [-0.4, -0.2) is 17.4 Å². The maximum atomic E-state index is 13.8. The van der Waals surface area contributed by atoms with Crippen LogP contribution in [0.3, 0.4) is 0 Å². The van der Waals surface area contributed by atoms with Crippen LogP contribution in [-0.2, 0) is 37.5 Å². The van der Waals surface area contributed by atoms with Crippen LogP contribution in [0, 0.1) is 11.9 Å². The van der Waals surface area contributed by atoms with E-state index in [1.165, 1.54) is 6.07 Å². The van der Waals surface area contributed by atoms with Crippen LogP contribution < -0.4 is 0 Å². The van der Waals surface area contributed by atoms with Crippen molar-refractivity contribution < 1.29 is 41.9 Å². The Morgan fingerprint density at radius 3 is 2.83 bits per heavy atom. The molecule has 1 aromatic rings. The molecule has 1 aromatic carbocycles. The summed E-state index contributed by atoms with van der Waals surface area (Å²) in [7, 11) is 0. The molecule has 18 heavy (non-hydrogen) atoms. The average molecular weight is 386 g/mol. The Bertz CT molecular complexity index is 470. The maximum Gasteiger partial charge on any atom is 0.223 e. The summed E-state index contributed by atoms with van der Waals surface area (Å²) in [5.41, 5.74) is 0.969. The first-order valence-corrected chi connectivity index (χ1v) is 6.30. The summed E-state index contributed by atoms with van der Waals surface area (Å²) >= 11 is 3.32. The van der Waals surface area contributed by atoms with Gasteiger partial charge in [-0.3, -0.25) is 4.79 Å². The van der Waals surface area contributed by atoms with Crippen molar-refractivity contribution in [1.29, 1.82) is 0 Å². The molecule has 0 aliphatic carbocycles. The Labute approximate surface area is 140 Å². The van der Waals surface area contributed by atoms with E-state index < -0.39 is 0 Å². The molecule has 2 rings (SSSR count). The minimum Gasteiger partial charge on any atom is -0.348 e. The van der Waals surface area contributed by atoms with Gasteiger partial charge >= 0.3 is 0 Å². The van der Waals surface area contributed by atoms with Crippen LogP contribution >= 0.6 is 15.9 Å². The molecular weight excluding hydrogens is 374 g/mol. The summed E-state index contributed by atoms with van der Waals surface area (Å²) in [5.74, 6) is -0.313. The van der Waals surface area contributed by atoms with Crippen molar-refractivity contribution in [1.82, 2.24) is 4.90 Å². The fourth-order valence-electron chi connectivity index (χ4n) is 1.92. The summed E-state index contributed by atoms with van der Waals surface area (Å²) in [4.78, 5) is 13.3. The molecule has 0 atom stereocenters. The number of allylic oxidation sites excluding steroid dienone is 1. The standard InChI is InChI=1S/C13H12BrFNO.Y/c1-2-16-11(7-4-8-12(16)17)13-9(14)5-3-6-10(13)15;/h3,5-6H,2,4,8H2,1H3;/q-1;. The zero-order chi connectivity index (χ0) is 12.4. The van der Waals surface area contributed by atoms with Crippen LogP contribution in [0.1, 0.15) is 25.3 Å². The topological polar surface area (TPSA) is 20.3 Å². The fourth-order valence-corrected chi connectivity index (χ4v) is 2.45. The van der Waals surface area contributed by atoms with E-state index in [-0.39, 0.29) is 44.4 Å². The van der Waals surface area contributed by atoms with Gasteiger partial charge in [0.05, 0.1) is 5.82 Å². The molecule has 0 saturated heterocycles. The SMILES string of the molecule is CCN1C(=O)CC[C-]=C1c1c(F)cccc1Br.[Y]. The number of halogens is 2. The van der Waals surface area contributed by atoms with Gasteiger partial charge in [-0.25, -0.2) is 10.5 Å². The zero-order valence-corrected chi connectivity index (χ0v) is 14.5. The molecule has 1 amide bonds. The number of nitrogens with zero attached hydrogens (tertiary/aromatic N) is 1. The van der Waals surface area contributed by atoms with Crippen LogP contribution in [0.15, 0.2) is 22.7 Å². The molecular formula is C13H12BrFNOY-. The minimum absolute atomic E-state index is 0. The van der Waals surface area contributed by atoms with E-state index in [1.807, 2.05) is 6.92 Å². The average Bonchev–Trinajstić information content (AvgIpc) is 2.29. The molecule has 0 saturated carbocycles. The van der Waals surface area contributed by atoms with Gasteiger partial charge < -0.3 is 4.90 Å². The second kappa shape index (κ2) is 6.92. The summed E-state index contributed by atoms with van der Waals surface area (Å²) in [5, 5.41) is 0. The monoisotopic (exact) mass is 385 g/mol. The third-order valence-electron chi connectivity index (χ3n) is 2.72. The number of carbonyl (C=O) groups excluding carboxylic acids is 1. The van der Waals surface area contributed by atoms with Crippen molar-refractivity contribution in [2.24, 2.45) is 0 Å². The third-order valence-corrected chi connectivity index (χ3v) is 3.38. The summed E-state index contributed by atoms with van der Waals surface area (Å²) in [6.45, 7) is 2.40. The Morgan fingerprint density at radius 1 is 1.50 bits per heavy atom. The number of carbonyl (C=O) groups is 1. The van der Waals surface area contributed by atoms with E-state index in [2.05, 4.69) is 22.0 Å². The Kier molecular flexibility index (Phi) is 6.15. The van der Waals surface area contributed by atoms with Crippen molar-refractivity contribution in [2.75, 3.05) is 6.54 Å². The second-order valence-electron chi connectivity index (χ2n) is 3.76. The van der Waals surface area contributed by atoms with Crippen molar-refractivity contribution in [3.63, 3.8) is 0 Å². The van der Waals surface area contributed by atoms with Crippen LogP contribution in [0.5, 0.6) is 0 Å². The van der Waals surface area contributed by atoms with Gasteiger partial charge in [-0.05, 0) is 13.0 Å². The van der Waals surface area contributed by atoms with Gasteiger partial charge in [0.2, 0.25) is 5.91 Å². The van der Waals surface area contributed by atoms with E-state index in [0.717, 1.165) is 0 Å². The number of benzene rings is 1. The number of hydrogen-bond donors (Lipinski definition) is 0. The normalized spacial score (nSPS) is 15.2.